The van der Waals surface area contributed by atoms with E-state index in [9.17, 15) is 18.3 Å². The Bertz CT molecular complexity index is 595. The van der Waals surface area contributed by atoms with Gasteiger partial charge in [-0.05, 0) is 43.0 Å². The van der Waals surface area contributed by atoms with Gasteiger partial charge in [-0.25, -0.2) is 8.42 Å². The molecule has 1 unspecified atom stereocenters. The molecule has 1 saturated heterocycles. The Hall–Kier alpha value is -1.56. The molecule has 0 aromatic heterocycles. The summed E-state index contributed by atoms with van der Waals surface area (Å²) in [6.07, 6.45) is 0.781. The number of aryl methyl sites for hydroxylation is 1. The summed E-state index contributed by atoms with van der Waals surface area (Å²) in [5.74, 6) is 0.202. The average Bonchev–Trinajstić information content (AvgIpc) is 2.63. The molecule has 2 N–H and O–H groups in total. The van der Waals surface area contributed by atoms with Crippen molar-refractivity contribution in [2.24, 2.45) is 5.92 Å². The van der Waals surface area contributed by atoms with Crippen LogP contribution in [-0.2, 0) is 14.6 Å². The molecule has 104 valence electrons. The second-order valence-electron chi connectivity index (χ2n) is 5.02. The zero-order valence-electron chi connectivity index (χ0n) is 10.7. The molecule has 2 rings (SSSR count). The maximum atomic E-state index is 11.8. The molecule has 1 aliphatic heterocycles. The molecular weight excluding hydrogens is 266 g/mol. The summed E-state index contributed by atoms with van der Waals surface area (Å²) in [5.41, 5.74) is 1.29. The normalized spacial score (nSPS) is 21.2. The van der Waals surface area contributed by atoms with Crippen molar-refractivity contribution in [3.8, 4) is 5.75 Å². The molecule has 0 saturated carbocycles. The number of aromatic hydroxyl groups is 1. The van der Waals surface area contributed by atoms with Crippen molar-refractivity contribution in [1.82, 2.24) is 0 Å². The van der Waals surface area contributed by atoms with E-state index in [2.05, 4.69) is 5.32 Å². The zero-order chi connectivity index (χ0) is 14.0. The number of rotatable bonds is 3. The van der Waals surface area contributed by atoms with Gasteiger partial charge < -0.3 is 10.4 Å². The van der Waals surface area contributed by atoms with Crippen LogP contribution in [0.15, 0.2) is 18.2 Å². The molecule has 1 aromatic rings. The van der Waals surface area contributed by atoms with Crippen molar-refractivity contribution in [2.45, 2.75) is 19.8 Å². The summed E-state index contributed by atoms with van der Waals surface area (Å²) >= 11 is 0. The monoisotopic (exact) mass is 283 g/mol. The van der Waals surface area contributed by atoms with Gasteiger partial charge >= 0.3 is 0 Å². The number of nitrogens with one attached hydrogen (secondary N) is 1. The third kappa shape index (κ3) is 3.70. The van der Waals surface area contributed by atoms with Crippen LogP contribution in [-0.4, -0.2) is 30.9 Å². The van der Waals surface area contributed by atoms with Gasteiger partial charge in [0.1, 0.15) is 5.75 Å². The summed E-state index contributed by atoms with van der Waals surface area (Å²) < 4.78 is 22.6. The van der Waals surface area contributed by atoms with E-state index in [4.69, 9.17) is 0 Å². The minimum atomic E-state index is -2.94. The van der Waals surface area contributed by atoms with E-state index in [0.717, 1.165) is 0 Å². The van der Waals surface area contributed by atoms with Crippen LogP contribution in [0.4, 0.5) is 5.69 Å². The molecule has 1 fully saturated rings. The van der Waals surface area contributed by atoms with Crippen LogP contribution in [0.2, 0.25) is 0 Å². The van der Waals surface area contributed by atoms with Gasteiger partial charge in [0.05, 0.1) is 11.5 Å². The van der Waals surface area contributed by atoms with Crippen molar-refractivity contribution in [2.75, 3.05) is 16.8 Å². The molecule has 1 aromatic carbocycles. The van der Waals surface area contributed by atoms with Crippen molar-refractivity contribution in [1.29, 1.82) is 0 Å². The molecule has 1 heterocycles. The van der Waals surface area contributed by atoms with Crippen molar-refractivity contribution in [3.63, 3.8) is 0 Å². The van der Waals surface area contributed by atoms with E-state index in [-0.39, 0.29) is 35.5 Å². The number of anilines is 1. The average molecular weight is 283 g/mol. The third-order valence-electron chi connectivity index (χ3n) is 3.28. The van der Waals surface area contributed by atoms with Gasteiger partial charge in [-0.15, -0.1) is 0 Å². The highest BCUT2D eigenvalue weighted by Gasteiger charge is 2.29. The first-order valence-corrected chi connectivity index (χ1v) is 7.98. The highest BCUT2D eigenvalue weighted by Crippen LogP contribution is 2.23. The van der Waals surface area contributed by atoms with E-state index < -0.39 is 9.84 Å². The quantitative estimate of drug-likeness (QED) is 0.823. The van der Waals surface area contributed by atoms with E-state index in [1.807, 2.05) is 0 Å². The predicted molar refractivity (Wildman–Crippen MR) is 72.9 cm³/mol. The van der Waals surface area contributed by atoms with Crippen LogP contribution in [0.1, 0.15) is 18.4 Å². The lowest BCUT2D eigenvalue weighted by Crippen LogP contribution is -2.17. The van der Waals surface area contributed by atoms with Crippen LogP contribution in [0, 0.1) is 12.8 Å². The van der Waals surface area contributed by atoms with Crippen LogP contribution in [0.3, 0.4) is 0 Å². The zero-order valence-corrected chi connectivity index (χ0v) is 11.5. The highest BCUT2D eigenvalue weighted by molar-refractivity contribution is 7.91. The van der Waals surface area contributed by atoms with Gasteiger partial charge in [0, 0.05) is 12.1 Å². The van der Waals surface area contributed by atoms with Crippen LogP contribution in [0.5, 0.6) is 5.75 Å². The van der Waals surface area contributed by atoms with Gasteiger partial charge in [-0.3, -0.25) is 4.79 Å². The fourth-order valence-electron chi connectivity index (χ4n) is 2.24. The third-order valence-corrected chi connectivity index (χ3v) is 5.12. The number of hydrogen-bond acceptors (Lipinski definition) is 4. The molecule has 1 aliphatic rings. The Balaban J connectivity index is 1.93. The Kier molecular flexibility index (Phi) is 3.80. The highest BCUT2D eigenvalue weighted by atomic mass is 32.2. The maximum Gasteiger partial charge on any atom is 0.224 e. The largest absolute Gasteiger partial charge is 0.508 e. The second kappa shape index (κ2) is 5.21. The minimum Gasteiger partial charge on any atom is -0.508 e. The Morgan fingerprint density at radius 1 is 1.47 bits per heavy atom. The molecular formula is C13H17NO4S. The lowest BCUT2D eigenvalue weighted by Gasteiger charge is -2.09. The lowest BCUT2D eigenvalue weighted by atomic mass is 10.0. The molecule has 5 nitrogen and oxygen atoms in total. The molecule has 0 aliphatic carbocycles. The van der Waals surface area contributed by atoms with Crippen LogP contribution < -0.4 is 5.32 Å². The van der Waals surface area contributed by atoms with Crippen molar-refractivity contribution in [3.05, 3.63) is 23.8 Å². The predicted octanol–water partition coefficient (Wildman–Crippen LogP) is 1.46. The molecule has 0 radical (unpaired) electrons. The summed E-state index contributed by atoms with van der Waals surface area (Å²) in [4.78, 5) is 11.8. The summed E-state index contributed by atoms with van der Waals surface area (Å²) in [7, 11) is -2.94. The number of carbonyl (C=O) groups is 1. The fourth-order valence-corrected chi connectivity index (χ4v) is 4.10. The first-order valence-electron chi connectivity index (χ1n) is 6.15. The van der Waals surface area contributed by atoms with E-state index >= 15 is 0 Å². The topological polar surface area (TPSA) is 83.5 Å². The SMILES string of the molecule is Cc1cc(NC(=O)CC2CCS(=O)(=O)C2)ccc1O. The first kappa shape index (κ1) is 13.9. The summed E-state index contributed by atoms with van der Waals surface area (Å²) in [6, 6.07) is 4.81. The van der Waals surface area contributed by atoms with Gasteiger partial charge in [-0.1, -0.05) is 0 Å². The molecule has 0 bridgehead atoms. The smallest absolute Gasteiger partial charge is 0.224 e. The molecule has 1 atom stereocenters. The molecule has 0 spiro atoms. The molecule has 6 heteroatoms. The van der Waals surface area contributed by atoms with Crippen molar-refractivity contribution >= 4 is 21.4 Å². The van der Waals surface area contributed by atoms with E-state index in [1.54, 1.807) is 19.1 Å². The summed E-state index contributed by atoms with van der Waals surface area (Å²) in [6.45, 7) is 1.74. The number of phenols is 1. The van der Waals surface area contributed by atoms with Gasteiger partial charge in [0.25, 0.3) is 0 Å². The first-order chi connectivity index (χ1) is 8.85. The number of phenolic OH excluding ortho intramolecular Hbond substituents is 1. The Labute approximate surface area is 112 Å². The van der Waals surface area contributed by atoms with E-state index in [1.165, 1.54) is 6.07 Å². The Morgan fingerprint density at radius 3 is 2.79 bits per heavy atom. The van der Waals surface area contributed by atoms with E-state index in [0.29, 0.717) is 17.7 Å². The number of benzene rings is 1. The van der Waals surface area contributed by atoms with Crippen LogP contribution >= 0.6 is 0 Å². The maximum absolute atomic E-state index is 11.8. The molecule has 19 heavy (non-hydrogen) atoms. The second-order valence-corrected chi connectivity index (χ2v) is 7.25. The number of carbonyl (C=O) groups excluding carboxylic acids is 1. The van der Waals surface area contributed by atoms with Gasteiger partial charge in [-0.2, -0.15) is 0 Å². The van der Waals surface area contributed by atoms with Gasteiger partial charge in [0.15, 0.2) is 9.84 Å². The fraction of sp³-hybridized carbons (Fsp3) is 0.462. The van der Waals surface area contributed by atoms with Gasteiger partial charge in [0.2, 0.25) is 5.91 Å². The molecule has 1 amide bonds. The standard InChI is InChI=1S/C13H17NO4S/c1-9-6-11(2-3-12(9)15)14-13(16)7-10-4-5-19(17,18)8-10/h2-3,6,10,15H,4-5,7-8H2,1H3,(H,14,16). The lowest BCUT2D eigenvalue weighted by molar-refractivity contribution is -0.116. The van der Waals surface area contributed by atoms with Crippen LogP contribution in [0.25, 0.3) is 0 Å². The number of sulfone groups is 1. The Morgan fingerprint density at radius 2 is 2.21 bits per heavy atom. The number of amides is 1. The number of hydrogen-bond donors (Lipinski definition) is 2. The minimum absolute atomic E-state index is 0.0804. The summed E-state index contributed by atoms with van der Waals surface area (Å²) in [5, 5.41) is 12.1. The van der Waals surface area contributed by atoms with Crippen molar-refractivity contribution < 1.29 is 18.3 Å².